The second-order valence-corrected chi connectivity index (χ2v) is 9.38. The zero-order chi connectivity index (χ0) is 21.6. The summed E-state index contributed by atoms with van der Waals surface area (Å²) in [5, 5.41) is 0. The first-order valence-corrected chi connectivity index (χ1v) is 11.3. The van der Waals surface area contributed by atoms with Crippen molar-refractivity contribution < 1.29 is 8.42 Å². The Balaban J connectivity index is 1.93. The van der Waals surface area contributed by atoms with Crippen LogP contribution in [0.2, 0.25) is 0 Å². The van der Waals surface area contributed by atoms with Crippen molar-refractivity contribution >= 4 is 32.4 Å². The molecule has 0 aliphatic carbocycles. The molecule has 9 heteroatoms. The first kappa shape index (κ1) is 20.2. The molecule has 4 rings (SSSR count). The molecule has 0 unspecified atom stereocenters. The third kappa shape index (κ3) is 3.39. The Morgan fingerprint density at radius 1 is 0.867 bits per heavy atom. The Bertz CT molecular complexity index is 1350. The van der Waals surface area contributed by atoms with E-state index < -0.39 is 21.1 Å². The van der Waals surface area contributed by atoms with Gasteiger partial charge in [0, 0.05) is 27.2 Å². The van der Waals surface area contributed by atoms with Crippen LogP contribution in [-0.2, 0) is 24.1 Å². The van der Waals surface area contributed by atoms with E-state index in [4.69, 9.17) is 0 Å². The molecule has 1 N–H and O–H groups in total. The first-order valence-electron chi connectivity index (χ1n) is 9.77. The molecule has 1 saturated heterocycles. The molecule has 158 valence electrons. The maximum absolute atomic E-state index is 13.0. The van der Waals surface area contributed by atoms with Gasteiger partial charge in [-0.1, -0.05) is 17.7 Å². The Morgan fingerprint density at radius 3 is 1.97 bits per heavy atom. The Hall–Kier alpha value is -3.07. The summed E-state index contributed by atoms with van der Waals surface area (Å²) in [6, 6.07) is 10.0. The van der Waals surface area contributed by atoms with Crippen molar-refractivity contribution in [3.8, 4) is 0 Å². The van der Waals surface area contributed by atoms with Gasteiger partial charge in [-0.3, -0.25) is 14.3 Å². The number of anilines is 2. The number of aromatic nitrogens is 2. The number of benzene rings is 2. The lowest BCUT2D eigenvalue weighted by molar-refractivity contribution is 0.601. The van der Waals surface area contributed by atoms with Gasteiger partial charge in [0.2, 0.25) is 0 Å². The number of aryl methyl sites for hydroxylation is 3. The van der Waals surface area contributed by atoms with Gasteiger partial charge in [0.15, 0.2) is 0 Å². The van der Waals surface area contributed by atoms with Crippen LogP contribution in [0.15, 0.2) is 50.9 Å². The van der Waals surface area contributed by atoms with E-state index in [0.717, 1.165) is 31.5 Å². The van der Waals surface area contributed by atoms with E-state index in [1.165, 1.54) is 16.2 Å². The van der Waals surface area contributed by atoms with Crippen molar-refractivity contribution in [1.82, 2.24) is 9.13 Å². The molecule has 30 heavy (non-hydrogen) atoms. The standard InChI is InChI=1S/C21H24N4O4S/c1-14-6-8-15(9-7-14)30(28,29)22-16-12-18-19(13-17(16)25-10-4-5-11-25)24(3)21(27)20(26)23(18)2/h6-9,12-13,22H,4-5,10-11H2,1-3H3. The summed E-state index contributed by atoms with van der Waals surface area (Å²) < 4.78 is 31.3. The molecule has 0 radical (unpaired) electrons. The molecular formula is C21H24N4O4S. The van der Waals surface area contributed by atoms with E-state index >= 15 is 0 Å². The molecule has 0 atom stereocenters. The smallest absolute Gasteiger partial charge is 0.316 e. The van der Waals surface area contributed by atoms with Gasteiger partial charge in [0.05, 0.1) is 27.3 Å². The maximum Gasteiger partial charge on any atom is 0.316 e. The third-order valence-corrected chi connectivity index (χ3v) is 7.01. The zero-order valence-corrected chi connectivity index (χ0v) is 18.0. The lowest BCUT2D eigenvalue weighted by atomic mass is 10.2. The molecule has 1 aliphatic rings. The summed E-state index contributed by atoms with van der Waals surface area (Å²) in [6.07, 6.45) is 2.02. The fourth-order valence-electron chi connectivity index (χ4n) is 3.83. The molecule has 0 amide bonds. The van der Waals surface area contributed by atoms with Gasteiger partial charge in [0.25, 0.3) is 10.0 Å². The SMILES string of the molecule is Cc1ccc(S(=O)(=O)Nc2cc3c(cc2N2CCCC2)n(C)c(=O)c(=O)n3C)cc1. The van der Waals surface area contributed by atoms with Crippen LogP contribution in [0.4, 0.5) is 11.4 Å². The summed E-state index contributed by atoms with van der Waals surface area (Å²) in [5.41, 5.74) is 1.82. The molecule has 2 aromatic carbocycles. The maximum atomic E-state index is 13.0. The molecule has 3 aromatic rings. The number of rotatable bonds is 4. The van der Waals surface area contributed by atoms with Crippen molar-refractivity contribution in [2.45, 2.75) is 24.7 Å². The Labute approximate surface area is 174 Å². The number of hydrogen-bond donors (Lipinski definition) is 1. The van der Waals surface area contributed by atoms with Crippen molar-refractivity contribution in [2.75, 3.05) is 22.7 Å². The molecule has 8 nitrogen and oxygen atoms in total. The fraction of sp³-hybridized carbons (Fsp3) is 0.333. The van der Waals surface area contributed by atoms with Crippen LogP contribution in [0.25, 0.3) is 11.0 Å². The number of sulfonamides is 1. The summed E-state index contributed by atoms with van der Waals surface area (Å²) in [6.45, 7) is 3.48. The zero-order valence-electron chi connectivity index (χ0n) is 17.2. The number of nitrogens with one attached hydrogen (secondary N) is 1. The predicted octanol–water partition coefficient (Wildman–Crippen LogP) is 1.95. The minimum Gasteiger partial charge on any atom is -0.370 e. The van der Waals surface area contributed by atoms with Crippen molar-refractivity contribution in [3.63, 3.8) is 0 Å². The highest BCUT2D eigenvalue weighted by atomic mass is 32.2. The lowest BCUT2D eigenvalue weighted by Gasteiger charge is -2.24. The highest BCUT2D eigenvalue weighted by molar-refractivity contribution is 7.92. The van der Waals surface area contributed by atoms with E-state index in [2.05, 4.69) is 9.62 Å². The van der Waals surface area contributed by atoms with E-state index in [1.807, 2.05) is 6.92 Å². The van der Waals surface area contributed by atoms with E-state index in [9.17, 15) is 18.0 Å². The van der Waals surface area contributed by atoms with Crippen LogP contribution in [-0.4, -0.2) is 30.6 Å². The second-order valence-electron chi connectivity index (χ2n) is 7.70. The van der Waals surface area contributed by atoms with Gasteiger partial charge < -0.3 is 14.0 Å². The van der Waals surface area contributed by atoms with E-state index in [0.29, 0.717) is 22.4 Å². The van der Waals surface area contributed by atoms with Gasteiger partial charge >= 0.3 is 11.1 Å². The minimum absolute atomic E-state index is 0.162. The Morgan fingerprint density at radius 2 is 1.40 bits per heavy atom. The monoisotopic (exact) mass is 428 g/mol. The molecule has 0 spiro atoms. The highest BCUT2D eigenvalue weighted by Crippen LogP contribution is 2.34. The van der Waals surface area contributed by atoms with Gasteiger partial charge in [-0.05, 0) is 44.0 Å². The minimum atomic E-state index is -3.82. The van der Waals surface area contributed by atoms with E-state index in [-0.39, 0.29) is 4.90 Å². The van der Waals surface area contributed by atoms with E-state index in [1.54, 1.807) is 43.4 Å². The van der Waals surface area contributed by atoms with Gasteiger partial charge in [-0.25, -0.2) is 8.42 Å². The summed E-state index contributed by atoms with van der Waals surface area (Å²) in [7, 11) is -0.759. The van der Waals surface area contributed by atoms with Crippen LogP contribution >= 0.6 is 0 Å². The van der Waals surface area contributed by atoms with Gasteiger partial charge in [-0.2, -0.15) is 0 Å². The quantitative estimate of drug-likeness (QED) is 0.641. The van der Waals surface area contributed by atoms with Gasteiger partial charge in [0.1, 0.15) is 0 Å². The van der Waals surface area contributed by atoms with Crippen LogP contribution in [0, 0.1) is 6.92 Å². The first-order chi connectivity index (χ1) is 14.2. The largest absolute Gasteiger partial charge is 0.370 e. The van der Waals surface area contributed by atoms with Crippen molar-refractivity contribution in [2.24, 2.45) is 14.1 Å². The summed E-state index contributed by atoms with van der Waals surface area (Å²) in [4.78, 5) is 26.8. The molecule has 0 saturated carbocycles. The summed E-state index contributed by atoms with van der Waals surface area (Å²) in [5.74, 6) is 0. The molecule has 2 heterocycles. The number of hydrogen-bond acceptors (Lipinski definition) is 5. The average molecular weight is 429 g/mol. The lowest BCUT2D eigenvalue weighted by Crippen LogP contribution is -2.39. The average Bonchev–Trinajstić information content (AvgIpc) is 3.25. The third-order valence-electron chi connectivity index (χ3n) is 5.63. The van der Waals surface area contributed by atoms with Gasteiger partial charge in [-0.15, -0.1) is 0 Å². The fourth-order valence-corrected chi connectivity index (χ4v) is 4.90. The highest BCUT2D eigenvalue weighted by Gasteiger charge is 2.23. The molecule has 1 aromatic heterocycles. The van der Waals surface area contributed by atoms with Crippen molar-refractivity contribution in [1.29, 1.82) is 0 Å². The van der Waals surface area contributed by atoms with Crippen LogP contribution < -0.4 is 20.7 Å². The number of fused-ring (bicyclic) bond motifs is 1. The Kier molecular flexibility index (Phi) is 4.93. The van der Waals surface area contributed by atoms with Crippen LogP contribution in [0.3, 0.4) is 0 Å². The topological polar surface area (TPSA) is 93.4 Å². The number of nitrogens with zero attached hydrogens (tertiary/aromatic N) is 3. The van der Waals surface area contributed by atoms with Crippen molar-refractivity contribution in [3.05, 3.63) is 62.7 Å². The molecular weight excluding hydrogens is 404 g/mol. The normalized spacial score (nSPS) is 14.4. The predicted molar refractivity (Wildman–Crippen MR) is 118 cm³/mol. The molecule has 0 bridgehead atoms. The van der Waals surface area contributed by atoms with Crippen LogP contribution in [0.5, 0.6) is 0 Å². The molecule has 1 aliphatic heterocycles. The second kappa shape index (κ2) is 7.32. The summed E-state index contributed by atoms with van der Waals surface area (Å²) >= 11 is 0. The molecule has 1 fully saturated rings. The van der Waals surface area contributed by atoms with Crippen LogP contribution in [0.1, 0.15) is 18.4 Å².